The fourth-order valence-electron chi connectivity index (χ4n) is 4.38. The lowest BCUT2D eigenvalue weighted by Crippen LogP contribution is -2.20. The van der Waals surface area contributed by atoms with Crippen molar-refractivity contribution in [1.82, 2.24) is 9.97 Å². The van der Waals surface area contributed by atoms with Gasteiger partial charge >= 0.3 is 0 Å². The average Bonchev–Trinajstić information content (AvgIpc) is 3.59. The van der Waals surface area contributed by atoms with E-state index in [9.17, 15) is 0 Å². The Bertz CT molecular complexity index is 1540. The third kappa shape index (κ3) is 4.16. The number of aromatic nitrogens is 2. The molecule has 0 N–H and O–H groups in total. The molecule has 6 rings (SSSR count). The van der Waals surface area contributed by atoms with Crippen LogP contribution in [-0.2, 0) is 0 Å². The molecular formula is C28H21ClN4OS. The van der Waals surface area contributed by atoms with Gasteiger partial charge in [0.15, 0.2) is 0 Å². The maximum Gasteiger partial charge on any atom is 0.247 e. The van der Waals surface area contributed by atoms with Crippen LogP contribution in [0.1, 0.15) is 22.9 Å². The van der Waals surface area contributed by atoms with E-state index in [0.29, 0.717) is 11.0 Å². The SMILES string of the molecule is COc1cccc(C2=NN(c3nc(-c4ccccc4)c4cc(Cl)ccc4n3)[C@@H](c3cccs3)C2)c1. The number of fused-ring (bicyclic) bond motifs is 1. The zero-order valence-corrected chi connectivity index (χ0v) is 20.5. The molecular weight excluding hydrogens is 476 g/mol. The second-order valence-corrected chi connectivity index (χ2v) is 9.67. The maximum absolute atomic E-state index is 6.35. The van der Waals surface area contributed by atoms with Crippen molar-refractivity contribution in [2.24, 2.45) is 5.10 Å². The van der Waals surface area contributed by atoms with Crippen molar-refractivity contribution in [3.8, 4) is 17.0 Å². The Balaban J connectivity index is 1.53. The molecule has 1 aliphatic rings. The smallest absolute Gasteiger partial charge is 0.247 e. The molecule has 0 saturated heterocycles. The molecule has 1 atom stereocenters. The third-order valence-electron chi connectivity index (χ3n) is 6.08. The molecule has 2 aromatic heterocycles. The molecule has 0 radical (unpaired) electrons. The minimum atomic E-state index is 0.00424. The van der Waals surface area contributed by atoms with Crippen LogP contribution in [0.2, 0.25) is 5.02 Å². The molecule has 0 aliphatic carbocycles. The quantitative estimate of drug-likeness (QED) is 0.255. The minimum absolute atomic E-state index is 0.00424. The summed E-state index contributed by atoms with van der Waals surface area (Å²) in [5.41, 5.74) is 4.68. The number of anilines is 1. The molecule has 5 aromatic rings. The van der Waals surface area contributed by atoms with Gasteiger partial charge in [-0.2, -0.15) is 5.10 Å². The zero-order chi connectivity index (χ0) is 23.8. The predicted octanol–water partition coefficient (Wildman–Crippen LogP) is 7.38. The molecule has 0 amide bonds. The summed E-state index contributed by atoms with van der Waals surface area (Å²) in [6.45, 7) is 0. The first kappa shape index (κ1) is 21.8. The Labute approximate surface area is 212 Å². The van der Waals surface area contributed by atoms with Gasteiger partial charge in [0.05, 0.1) is 30.1 Å². The Morgan fingerprint density at radius 3 is 2.57 bits per heavy atom. The lowest BCUT2D eigenvalue weighted by Gasteiger charge is -2.21. The highest BCUT2D eigenvalue weighted by molar-refractivity contribution is 7.10. The highest BCUT2D eigenvalue weighted by atomic mass is 35.5. The fraction of sp³-hybridized carbons (Fsp3) is 0.107. The van der Waals surface area contributed by atoms with E-state index in [4.69, 9.17) is 31.4 Å². The van der Waals surface area contributed by atoms with Crippen LogP contribution in [0.4, 0.5) is 5.95 Å². The second kappa shape index (κ2) is 9.13. The van der Waals surface area contributed by atoms with E-state index in [1.807, 2.05) is 59.6 Å². The number of methoxy groups -OCH3 is 1. The number of ether oxygens (including phenoxy) is 1. The summed E-state index contributed by atoms with van der Waals surface area (Å²) in [6, 6.07) is 28.1. The molecule has 1 aliphatic heterocycles. The van der Waals surface area contributed by atoms with Gasteiger partial charge < -0.3 is 4.74 Å². The lowest BCUT2D eigenvalue weighted by atomic mass is 10.0. The monoisotopic (exact) mass is 496 g/mol. The first-order chi connectivity index (χ1) is 17.2. The fourth-order valence-corrected chi connectivity index (χ4v) is 5.37. The molecule has 0 saturated carbocycles. The summed E-state index contributed by atoms with van der Waals surface area (Å²) in [6.07, 6.45) is 0.746. The van der Waals surface area contributed by atoms with Crippen LogP contribution in [0, 0.1) is 0 Å². The van der Waals surface area contributed by atoms with E-state index in [-0.39, 0.29) is 6.04 Å². The summed E-state index contributed by atoms with van der Waals surface area (Å²) in [5.74, 6) is 1.37. The molecule has 3 aromatic carbocycles. The molecule has 3 heterocycles. The maximum atomic E-state index is 6.35. The molecule has 35 heavy (non-hydrogen) atoms. The molecule has 0 unspecified atom stereocenters. The Morgan fingerprint density at radius 1 is 0.914 bits per heavy atom. The Morgan fingerprint density at radius 2 is 1.77 bits per heavy atom. The van der Waals surface area contributed by atoms with E-state index in [0.717, 1.165) is 45.6 Å². The van der Waals surface area contributed by atoms with Crippen LogP contribution in [0.15, 0.2) is 95.4 Å². The van der Waals surface area contributed by atoms with Crippen molar-refractivity contribution in [3.63, 3.8) is 0 Å². The summed E-state index contributed by atoms with van der Waals surface area (Å²) >= 11 is 8.07. The number of hydrazone groups is 1. The zero-order valence-electron chi connectivity index (χ0n) is 18.9. The standard InChI is InChI=1S/C28H21ClN4OS/c1-34-21-10-5-9-19(15-21)24-17-25(26-11-6-14-35-26)33(32-24)28-30-23-13-12-20(29)16-22(23)27(31-28)18-7-3-2-4-8-18/h2-16,25H,17H2,1H3/t25-/m1/s1. The van der Waals surface area contributed by atoms with E-state index >= 15 is 0 Å². The van der Waals surface area contributed by atoms with E-state index < -0.39 is 0 Å². The number of thiophene rings is 1. The molecule has 5 nitrogen and oxygen atoms in total. The summed E-state index contributed by atoms with van der Waals surface area (Å²) < 4.78 is 5.45. The van der Waals surface area contributed by atoms with Gasteiger partial charge in [0.2, 0.25) is 5.95 Å². The van der Waals surface area contributed by atoms with Gasteiger partial charge in [-0.25, -0.2) is 15.0 Å². The molecule has 0 spiro atoms. The van der Waals surface area contributed by atoms with E-state index in [2.05, 4.69) is 35.7 Å². The molecule has 0 bridgehead atoms. The van der Waals surface area contributed by atoms with Crippen molar-refractivity contribution >= 4 is 45.5 Å². The first-order valence-electron chi connectivity index (χ1n) is 11.3. The van der Waals surface area contributed by atoms with Gasteiger partial charge in [-0.15, -0.1) is 11.3 Å². The number of hydrogen-bond acceptors (Lipinski definition) is 6. The Hall–Kier alpha value is -3.74. The molecule has 0 fully saturated rings. The Kier molecular flexibility index (Phi) is 5.68. The van der Waals surface area contributed by atoms with Crippen LogP contribution in [-0.4, -0.2) is 22.8 Å². The number of benzene rings is 3. The highest BCUT2D eigenvalue weighted by Crippen LogP contribution is 2.39. The van der Waals surface area contributed by atoms with Crippen molar-refractivity contribution < 1.29 is 4.74 Å². The summed E-state index contributed by atoms with van der Waals surface area (Å²) in [4.78, 5) is 11.2. The number of halogens is 1. The van der Waals surface area contributed by atoms with Gasteiger partial charge in [-0.05, 0) is 41.8 Å². The first-order valence-corrected chi connectivity index (χ1v) is 12.5. The minimum Gasteiger partial charge on any atom is -0.497 e. The predicted molar refractivity (Wildman–Crippen MR) is 144 cm³/mol. The summed E-state index contributed by atoms with van der Waals surface area (Å²) in [7, 11) is 1.68. The van der Waals surface area contributed by atoms with Crippen molar-refractivity contribution in [3.05, 3.63) is 106 Å². The van der Waals surface area contributed by atoms with E-state index in [1.54, 1.807) is 18.4 Å². The van der Waals surface area contributed by atoms with Crippen molar-refractivity contribution in [2.45, 2.75) is 12.5 Å². The van der Waals surface area contributed by atoms with Crippen LogP contribution in [0.5, 0.6) is 5.75 Å². The topological polar surface area (TPSA) is 50.6 Å². The average molecular weight is 497 g/mol. The highest BCUT2D eigenvalue weighted by Gasteiger charge is 2.33. The largest absolute Gasteiger partial charge is 0.497 e. The van der Waals surface area contributed by atoms with Gasteiger partial charge in [-0.3, -0.25) is 0 Å². The number of nitrogens with zero attached hydrogens (tertiary/aromatic N) is 4. The third-order valence-corrected chi connectivity index (χ3v) is 7.29. The second-order valence-electron chi connectivity index (χ2n) is 8.26. The van der Waals surface area contributed by atoms with Gasteiger partial charge in [0.25, 0.3) is 0 Å². The van der Waals surface area contributed by atoms with Crippen LogP contribution in [0.3, 0.4) is 0 Å². The van der Waals surface area contributed by atoms with Gasteiger partial charge in [0, 0.05) is 32.8 Å². The van der Waals surface area contributed by atoms with Crippen LogP contribution >= 0.6 is 22.9 Å². The lowest BCUT2D eigenvalue weighted by molar-refractivity contribution is 0.414. The summed E-state index contributed by atoms with van der Waals surface area (Å²) in [5, 5.41) is 10.7. The van der Waals surface area contributed by atoms with Crippen molar-refractivity contribution in [1.29, 1.82) is 0 Å². The number of hydrogen-bond donors (Lipinski definition) is 0. The normalized spacial score (nSPS) is 15.4. The van der Waals surface area contributed by atoms with Gasteiger partial charge in [-0.1, -0.05) is 60.1 Å². The van der Waals surface area contributed by atoms with Gasteiger partial charge in [0.1, 0.15) is 5.75 Å². The van der Waals surface area contributed by atoms with Crippen LogP contribution in [0.25, 0.3) is 22.2 Å². The number of rotatable bonds is 5. The molecule has 7 heteroatoms. The van der Waals surface area contributed by atoms with Crippen LogP contribution < -0.4 is 9.75 Å². The van der Waals surface area contributed by atoms with Crippen molar-refractivity contribution in [2.75, 3.05) is 12.1 Å². The molecule has 172 valence electrons. The van der Waals surface area contributed by atoms with E-state index in [1.165, 1.54) is 4.88 Å².